The molecule has 0 unspecified atom stereocenters. The number of carbonyl (C=O) groups is 2. The minimum atomic E-state index is 0.0132. The Balaban J connectivity index is -0.000000441. The summed E-state index contributed by atoms with van der Waals surface area (Å²) in [7, 11) is 0. The van der Waals surface area contributed by atoms with Crippen molar-refractivity contribution in [2.45, 2.75) is 103 Å². The Morgan fingerprint density at radius 2 is 1.34 bits per heavy atom. The highest BCUT2D eigenvalue weighted by Crippen LogP contribution is 2.26. The van der Waals surface area contributed by atoms with Crippen LogP contribution in [0.5, 0.6) is 0 Å². The van der Waals surface area contributed by atoms with Crippen molar-refractivity contribution in [3.63, 3.8) is 0 Å². The van der Waals surface area contributed by atoms with Gasteiger partial charge in [0.1, 0.15) is 0 Å². The van der Waals surface area contributed by atoms with Crippen molar-refractivity contribution in [3.05, 3.63) is 48.0 Å². The van der Waals surface area contributed by atoms with Crippen molar-refractivity contribution in [1.82, 2.24) is 0 Å². The summed E-state index contributed by atoms with van der Waals surface area (Å²) in [6.07, 6.45) is 8.57. The molecule has 4 nitrogen and oxygen atoms in total. The predicted octanol–water partition coefficient (Wildman–Crippen LogP) is 8.53. The summed E-state index contributed by atoms with van der Waals surface area (Å²) in [5, 5.41) is 8.34. The van der Waals surface area contributed by atoms with Crippen LogP contribution in [0.3, 0.4) is 0 Å². The van der Waals surface area contributed by atoms with Gasteiger partial charge >= 0.3 is 0 Å². The van der Waals surface area contributed by atoms with Crippen molar-refractivity contribution in [3.8, 4) is 6.07 Å². The van der Waals surface area contributed by atoms with Gasteiger partial charge in [-0.15, -0.1) is 6.58 Å². The van der Waals surface area contributed by atoms with Gasteiger partial charge < -0.3 is 0 Å². The summed E-state index contributed by atoms with van der Waals surface area (Å²) < 4.78 is 0.0740. The van der Waals surface area contributed by atoms with Gasteiger partial charge in [-0.1, -0.05) is 83.8 Å². The number of thioether (sulfide) groups is 2. The second-order valence-electron chi connectivity index (χ2n) is 9.10. The molecule has 0 saturated heterocycles. The van der Waals surface area contributed by atoms with E-state index >= 15 is 0 Å². The Hall–Kier alpha value is -1.76. The van der Waals surface area contributed by atoms with E-state index in [1.807, 2.05) is 39.0 Å². The Morgan fingerprint density at radius 1 is 0.969 bits per heavy atom. The van der Waals surface area contributed by atoms with Gasteiger partial charge in [-0.05, 0) is 39.5 Å². The van der Waals surface area contributed by atoms with E-state index in [0.29, 0.717) is 29.2 Å². The van der Waals surface area contributed by atoms with E-state index in [1.165, 1.54) is 23.5 Å². The number of nitrogens with zero attached hydrogens (tertiary/aromatic N) is 2. The molecule has 0 aromatic heterocycles. The molecule has 6 heteroatoms. The molecule has 0 atom stereocenters. The molecule has 0 amide bonds. The normalized spacial score (nSPS) is 10.9. The highest BCUT2D eigenvalue weighted by atomic mass is 32.2. The molecule has 180 valence electrons. The molecule has 32 heavy (non-hydrogen) atoms. The molecule has 0 saturated carbocycles. The van der Waals surface area contributed by atoms with Crippen molar-refractivity contribution in [1.29, 1.82) is 5.26 Å². The molecular weight excluding hydrogens is 436 g/mol. The Morgan fingerprint density at radius 3 is 1.62 bits per heavy atom. The average molecular weight is 479 g/mol. The Bertz CT molecular complexity index is 697. The van der Waals surface area contributed by atoms with Gasteiger partial charge in [0, 0.05) is 27.9 Å². The SMILES string of the molecule is C=C(C)C#N.C=CCCCC(=O)SC(C)(C)C.[C-]#[N+]C(C)=CCCCC(=O)SC(C)(C)C. The maximum Gasteiger partial charge on any atom is 0.189 e. The molecule has 0 aliphatic rings. The van der Waals surface area contributed by atoms with Crippen LogP contribution >= 0.6 is 23.5 Å². The fraction of sp³-hybridized carbons (Fsp3) is 0.615. The number of hydrogen-bond acceptors (Lipinski definition) is 5. The van der Waals surface area contributed by atoms with Crippen LogP contribution in [-0.2, 0) is 9.59 Å². The second kappa shape index (κ2) is 19.9. The third-order valence-electron chi connectivity index (χ3n) is 3.02. The lowest BCUT2D eigenvalue weighted by Crippen LogP contribution is -2.11. The lowest BCUT2D eigenvalue weighted by atomic mass is 10.2. The van der Waals surface area contributed by atoms with Gasteiger partial charge in [0.05, 0.1) is 12.6 Å². The molecule has 0 rings (SSSR count). The molecule has 0 aromatic carbocycles. The average Bonchev–Trinajstić information content (AvgIpc) is 2.63. The molecule has 0 bridgehead atoms. The lowest BCUT2D eigenvalue weighted by Gasteiger charge is -2.15. The topological polar surface area (TPSA) is 62.3 Å². The highest BCUT2D eigenvalue weighted by molar-refractivity contribution is 8.15. The first-order valence-corrected chi connectivity index (χ1v) is 12.4. The zero-order chi connectivity index (χ0) is 25.8. The Kier molecular flexibility index (Phi) is 21.7. The van der Waals surface area contributed by atoms with Crippen LogP contribution in [-0.4, -0.2) is 19.7 Å². The first kappa shape index (κ1) is 34.8. The third kappa shape index (κ3) is 35.7. The van der Waals surface area contributed by atoms with Crippen molar-refractivity contribution < 1.29 is 9.59 Å². The smallest absolute Gasteiger partial charge is 0.189 e. The number of nitriles is 1. The van der Waals surface area contributed by atoms with Gasteiger partial charge in [-0.3, -0.25) is 9.59 Å². The van der Waals surface area contributed by atoms with Gasteiger partial charge in [0.25, 0.3) is 0 Å². The fourth-order valence-corrected chi connectivity index (χ4v) is 3.64. The van der Waals surface area contributed by atoms with Gasteiger partial charge in [-0.25, -0.2) is 4.85 Å². The molecule has 0 heterocycles. The van der Waals surface area contributed by atoms with Crippen molar-refractivity contribution >= 4 is 33.8 Å². The summed E-state index contributed by atoms with van der Waals surface area (Å²) in [6.45, 7) is 29.4. The summed E-state index contributed by atoms with van der Waals surface area (Å²) in [4.78, 5) is 26.0. The van der Waals surface area contributed by atoms with Crippen LogP contribution in [0, 0.1) is 17.9 Å². The molecule has 0 spiro atoms. The largest absolute Gasteiger partial charge is 0.287 e. The van der Waals surface area contributed by atoms with Crippen LogP contribution in [0.1, 0.15) is 93.9 Å². The summed E-state index contributed by atoms with van der Waals surface area (Å²) in [6, 6.07) is 1.83. The standard InChI is InChI=1S/C12H19NOS.C10H18OS.C4H5N/c1-10(13-5)8-6-7-9-11(14)15-12(2,3)4;1-5-6-7-8-9(11)12-10(2,3)4;1-4(2)3-5/h8H,6-7,9H2,1-4H3;5H,1,6-8H2,2-4H3;1H2,2H3. The van der Waals surface area contributed by atoms with Gasteiger partial charge in [-0.2, -0.15) is 5.26 Å². The van der Waals surface area contributed by atoms with Crippen molar-refractivity contribution in [2.24, 2.45) is 0 Å². The van der Waals surface area contributed by atoms with E-state index in [9.17, 15) is 9.59 Å². The van der Waals surface area contributed by atoms with Crippen LogP contribution < -0.4 is 0 Å². The number of hydrogen-bond donors (Lipinski definition) is 0. The zero-order valence-corrected chi connectivity index (χ0v) is 23.0. The first-order valence-electron chi connectivity index (χ1n) is 10.7. The third-order valence-corrected chi connectivity index (χ3v) is 5.11. The van der Waals surface area contributed by atoms with Gasteiger partial charge in [0.15, 0.2) is 15.9 Å². The molecule has 0 N–H and O–H groups in total. The van der Waals surface area contributed by atoms with E-state index in [4.69, 9.17) is 11.8 Å². The van der Waals surface area contributed by atoms with E-state index in [-0.39, 0.29) is 14.6 Å². The number of carbonyl (C=O) groups excluding carboxylic acids is 2. The van der Waals surface area contributed by atoms with E-state index in [2.05, 4.69) is 38.8 Å². The zero-order valence-electron chi connectivity index (χ0n) is 21.3. The minimum absolute atomic E-state index is 0.0132. The summed E-state index contributed by atoms with van der Waals surface area (Å²) >= 11 is 2.84. The molecule has 0 aliphatic carbocycles. The monoisotopic (exact) mass is 478 g/mol. The summed E-state index contributed by atoms with van der Waals surface area (Å²) in [5.74, 6) is 0. The van der Waals surface area contributed by atoms with Crippen LogP contribution in [0.15, 0.2) is 36.6 Å². The highest BCUT2D eigenvalue weighted by Gasteiger charge is 2.16. The molecule has 0 radical (unpaired) electrons. The number of rotatable bonds is 8. The number of allylic oxidation sites excluding steroid dienone is 4. The maximum atomic E-state index is 11.5. The maximum absolute atomic E-state index is 11.5. The quantitative estimate of drug-likeness (QED) is 0.151. The van der Waals surface area contributed by atoms with Crippen molar-refractivity contribution in [2.75, 3.05) is 0 Å². The van der Waals surface area contributed by atoms with E-state index in [0.717, 1.165) is 25.7 Å². The Labute approximate surface area is 205 Å². The number of unbranched alkanes of at least 4 members (excludes halogenated alkanes) is 2. The second-order valence-corrected chi connectivity index (χ2v) is 12.9. The first-order chi connectivity index (χ1) is 14.6. The predicted molar refractivity (Wildman–Crippen MR) is 143 cm³/mol. The molecule has 0 fully saturated rings. The summed E-state index contributed by atoms with van der Waals surface area (Å²) in [5.41, 5.74) is 1.27. The van der Waals surface area contributed by atoms with Crippen LogP contribution in [0.25, 0.3) is 4.85 Å². The minimum Gasteiger partial charge on any atom is -0.287 e. The fourth-order valence-electron chi connectivity index (χ4n) is 1.78. The lowest BCUT2D eigenvalue weighted by molar-refractivity contribution is -0.111. The molecular formula is C26H42N2O2S2. The van der Waals surface area contributed by atoms with Gasteiger partial charge in [0.2, 0.25) is 0 Å². The molecule has 0 aliphatic heterocycles. The molecule has 0 aromatic rings. The van der Waals surface area contributed by atoms with Crippen LogP contribution in [0.4, 0.5) is 0 Å². The van der Waals surface area contributed by atoms with E-state index < -0.39 is 0 Å². The van der Waals surface area contributed by atoms with Crippen LogP contribution in [0.2, 0.25) is 0 Å². The van der Waals surface area contributed by atoms with E-state index in [1.54, 1.807) is 13.8 Å².